The van der Waals surface area contributed by atoms with Gasteiger partial charge in [0.15, 0.2) is 6.29 Å². The predicted molar refractivity (Wildman–Crippen MR) is 226 cm³/mol. The minimum Gasteiger partial charge on any atom is -0.392 e. The Kier molecular flexibility index (Phi) is 16.6. The summed E-state index contributed by atoms with van der Waals surface area (Å²) in [4.78, 5) is 6.77. The molecule has 1 aromatic heterocycles. The lowest BCUT2D eigenvalue weighted by Gasteiger charge is -2.44. The molecule has 0 saturated carbocycles. The smallest absolute Gasteiger partial charge is 0.243 e. The fraction of sp³-hybridized carbons (Fsp3) is 0.413. The second-order valence-corrected chi connectivity index (χ2v) is 16.4. The van der Waals surface area contributed by atoms with Crippen LogP contribution in [0.5, 0.6) is 0 Å². The molecular weight excluding hydrogens is 787 g/mol. The number of ether oxygens (including phenoxy) is 7. The van der Waals surface area contributed by atoms with Gasteiger partial charge in [-0.1, -0.05) is 97.1 Å². The average molecular weight is 842 g/mol. The fourth-order valence-electron chi connectivity index (χ4n) is 7.42. The highest BCUT2D eigenvalue weighted by atomic mass is 32.2. The maximum absolute atomic E-state index is 13.4. The van der Waals surface area contributed by atoms with E-state index in [0.29, 0.717) is 91.2 Å². The molecule has 60 heavy (non-hydrogen) atoms. The number of fused-ring (bicyclic) bond motifs is 1. The summed E-state index contributed by atoms with van der Waals surface area (Å²) in [6.45, 7) is 6.78. The maximum Gasteiger partial charge on any atom is 0.243 e. The number of benzene rings is 4. The fourth-order valence-corrected chi connectivity index (χ4v) is 8.62. The molecule has 0 radical (unpaired) electrons. The summed E-state index contributed by atoms with van der Waals surface area (Å²) in [6, 6.07) is 34.5. The third-order valence-corrected chi connectivity index (χ3v) is 12.0. The molecule has 2 aliphatic heterocycles. The van der Waals surface area contributed by atoms with Gasteiger partial charge in [-0.2, -0.15) is 0 Å². The van der Waals surface area contributed by atoms with Gasteiger partial charge >= 0.3 is 0 Å². The molecule has 2 N–H and O–H groups in total. The van der Waals surface area contributed by atoms with Gasteiger partial charge in [-0.3, -0.25) is 9.88 Å². The predicted octanol–water partition coefficient (Wildman–Crippen LogP) is 5.54. The molecule has 1 unspecified atom stereocenters. The van der Waals surface area contributed by atoms with Crippen LogP contribution in [0.4, 0.5) is 0 Å². The first-order valence-electron chi connectivity index (χ1n) is 20.6. The first-order chi connectivity index (χ1) is 29.5. The summed E-state index contributed by atoms with van der Waals surface area (Å²) < 4.78 is 72.5. The van der Waals surface area contributed by atoms with E-state index >= 15 is 0 Å². The van der Waals surface area contributed by atoms with Crippen LogP contribution in [0, 0.1) is 0 Å². The SMILES string of the molecule is O=S(=O)(NCc1ccc(C2O[C@H](CN3CCOCCOCCOCCOCCOCC3)[C@@H](c3ccccc3)[C@H](c3ccc(CO)cc3)O2)cc1)c1cccc2cccnc12. The highest BCUT2D eigenvalue weighted by Gasteiger charge is 2.42. The lowest BCUT2D eigenvalue weighted by Crippen LogP contribution is -2.46. The van der Waals surface area contributed by atoms with Crippen LogP contribution in [0.25, 0.3) is 10.9 Å². The zero-order valence-corrected chi connectivity index (χ0v) is 34.6. The molecule has 7 rings (SSSR count). The summed E-state index contributed by atoms with van der Waals surface area (Å²) in [7, 11) is -3.85. The summed E-state index contributed by atoms with van der Waals surface area (Å²) in [5.74, 6) is -0.196. The van der Waals surface area contributed by atoms with E-state index in [1.165, 1.54) is 0 Å². The Morgan fingerprint density at radius 1 is 0.617 bits per heavy atom. The Balaban J connectivity index is 1.12. The number of hydrogen-bond donors (Lipinski definition) is 2. The normalized spacial score (nSPS) is 22.5. The summed E-state index contributed by atoms with van der Waals surface area (Å²) in [5, 5.41) is 10.6. The monoisotopic (exact) mass is 841 g/mol. The minimum atomic E-state index is -3.85. The Bertz CT molecular complexity index is 2120. The van der Waals surface area contributed by atoms with Crippen LogP contribution in [0.15, 0.2) is 120 Å². The van der Waals surface area contributed by atoms with Gasteiger partial charge in [0.05, 0.1) is 90.4 Å². The molecule has 3 heterocycles. The van der Waals surface area contributed by atoms with Crippen molar-refractivity contribution in [2.24, 2.45) is 0 Å². The van der Waals surface area contributed by atoms with Crippen molar-refractivity contribution in [3.63, 3.8) is 0 Å². The number of aliphatic hydroxyl groups is 1. The molecule has 320 valence electrons. The van der Waals surface area contributed by atoms with Gasteiger partial charge in [0.2, 0.25) is 10.0 Å². The molecule has 0 spiro atoms. The van der Waals surface area contributed by atoms with Gasteiger partial charge in [-0.25, -0.2) is 13.1 Å². The van der Waals surface area contributed by atoms with E-state index in [2.05, 4.69) is 26.7 Å². The van der Waals surface area contributed by atoms with Gasteiger partial charge in [-0.05, 0) is 34.4 Å². The van der Waals surface area contributed by atoms with Crippen molar-refractivity contribution in [2.75, 3.05) is 85.7 Å². The first-order valence-corrected chi connectivity index (χ1v) is 22.1. The van der Waals surface area contributed by atoms with E-state index in [1.54, 1.807) is 24.4 Å². The van der Waals surface area contributed by atoms with E-state index in [4.69, 9.17) is 33.2 Å². The quantitative estimate of drug-likeness (QED) is 0.182. The summed E-state index contributed by atoms with van der Waals surface area (Å²) in [6.07, 6.45) is 0.110. The van der Waals surface area contributed by atoms with Gasteiger partial charge < -0.3 is 38.3 Å². The molecule has 2 aliphatic rings. The van der Waals surface area contributed by atoms with Crippen LogP contribution in [-0.4, -0.2) is 115 Å². The van der Waals surface area contributed by atoms with Crippen LogP contribution in [0.1, 0.15) is 46.1 Å². The Labute approximate surface area is 352 Å². The number of sulfonamides is 1. The number of para-hydroxylation sites is 1. The van der Waals surface area contributed by atoms with Crippen molar-refractivity contribution in [1.29, 1.82) is 0 Å². The zero-order chi connectivity index (χ0) is 41.4. The number of nitrogens with one attached hydrogen (secondary N) is 1. The Morgan fingerprint density at radius 2 is 1.20 bits per heavy atom. The van der Waals surface area contributed by atoms with Crippen LogP contribution < -0.4 is 4.72 Å². The molecule has 0 bridgehead atoms. The number of pyridine rings is 1. The molecule has 4 aromatic carbocycles. The maximum atomic E-state index is 13.4. The van der Waals surface area contributed by atoms with Crippen molar-refractivity contribution in [3.05, 3.63) is 143 Å². The number of hydrogen-bond acceptors (Lipinski definition) is 12. The van der Waals surface area contributed by atoms with Gasteiger partial charge in [0, 0.05) is 49.2 Å². The number of nitrogens with zero attached hydrogens (tertiary/aromatic N) is 2. The molecule has 14 heteroatoms. The molecule has 13 nitrogen and oxygen atoms in total. The largest absolute Gasteiger partial charge is 0.392 e. The van der Waals surface area contributed by atoms with E-state index < -0.39 is 22.4 Å². The molecule has 2 saturated heterocycles. The van der Waals surface area contributed by atoms with Gasteiger partial charge in [-0.15, -0.1) is 0 Å². The van der Waals surface area contributed by atoms with Crippen molar-refractivity contribution in [2.45, 2.75) is 42.5 Å². The highest BCUT2D eigenvalue weighted by Crippen LogP contribution is 2.47. The van der Waals surface area contributed by atoms with Crippen molar-refractivity contribution in [1.82, 2.24) is 14.6 Å². The standard InChI is InChI=1S/C46H55N3O10S/c50-34-36-13-15-39(16-14-36)45-43(37-6-2-1-3-7-37)41(33-49-20-22-53-24-26-55-28-30-57-31-29-56-27-25-54-23-21-49)58-46(59-45)40-17-11-35(12-18-40)32-48-60(51,52)42-10-4-8-38-9-5-19-47-44(38)42/h1-19,41,43,45-46,48,50H,20-34H2/t41-,43-,45+,46?/m1/s1. The van der Waals surface area contributed by atoms with Crippen LogP contribution in [0.2, 0.25) is 0 Å². The lowest BCUT2D eigenvalue weighted by molar-refractivity contribution is -0.263. The van der Waals surface area contributed by atoms with Crippen LogP contribution in [-0.2, 0) is 56.3 Å². The molecule has 0 aliphatic carbocycles. The average Bonchev–Trinajstić information content (AvgIpc) is 3.29. The highest BCUT2D eigenvalue weighted by molar-refractivity contribution is 7.89. The molecular formula is C46H55N3O10S. The number of aliphatic hydroxyl groups excluding tert-OH is 1. The minimum absolute atomic E-state index is 0.0601. The summed E-state index contributed by atoms with van der Waals surface area (Å²) in [5.41, 5.74) is 4.84. The lowest BCUT2D eigenvalue weighted by atomic mass is 9.83. The molecule has 4 atom stereocenters. The molecule has 5 aromatic rings. The third kappa shape index (κ3) is 12.2. The number of rotatable bonds is 10. The summed E-state index contributed by atoms with van der Waals surface area (Å²) >= 11 is 0. The zero-order valence-electron chi connectivity index (χ0n) is 33.8. The van der Waals surface area contributed by atoms with Gasteiger partial charge in [0.1, 0.15) is 4.90 Å². The van der Waals surface area contributed by atoms with E-state index in [9.17, 15) is 13.5 Å². The third-order valence-electron chi connectivity index (χ3n) is 10.6. The molecule has 2 fully saturated rings. The van der Waals surface area contributed by atoms with Crippen molar-refractivity contribution in [3.8, 4) is 0 Å². The van der Waals surface area contributed by atoms with Crippen molar-refractivity contribution >= 4 is 20.9 Å². The second-order valence-electron chi connectivity index (χ2n) is 14.7. The Hall–Kier alpha value is -4.16. The van der Waals surface area contributed by atoms with E-state index in [0.717, 1.165) is 33.2 Å². The molecule has 0 amide bonds. The van der Waals surface area contributed by atoms with Crippen LogP contribution >= 0.6 is 0 Å². The van der Waals surface area contributed by atoms with E-state index in [1.807, 2.05) is 78.9 Å². The number of aromatic nitrogens is 1. The van der Waals surface area contributed by atoms with Gasteiger partial charge in [0.25, 0.3) is 0 Å². The first kappa shape index (κ1) is 43.9. The van der Waals surface area contributed by atoms with E-state index in [-0.39, 0.29) is 30.1 Å². The van der Waals surface area contributed by atoms with Crippen molar-refractivity contribution < 1.29 is 46.7 Å². The second kappa shape index (κ2) is 22.6. The van der Waals surface area contributed by atoms with Crippen LogP contribution in [0.3, 0.4) is 0 Å². The Morgan fingerprint density at radius 3 is 1.83 bits per heavy atom. The topological polar surface area (TPSA) is 147 Å².